The second kappa shape index (κ2) is 7.12. The van der Waals surface area contributed by atoms with Gasteiger partial charge in [-0.15, -0.1) is 0 Å². The lowest BCUT2D eigenvalue weighted by atomic mass is 10.3. The van der Waals surface area contributed by atoms with Gasteiger partial charge in [0, 0.05) is 6.54 Å². The highest BCUT2D eigenvalue weighted by Crippen LogP contribution is 2.25. The van der Waals surface area contributed by atoms with Crippen LogP contribution in [0.15, 0.2) is 18.2 Å². The maximum Gasteiger partial charge on any atom is 0.161 e. The van der Waals surface area contributed by atoms with Crippen molar-refractivity contribution in [2.24, 2.45) is 0 Å². The molecule has 1 aromatic carbocycles. The van der Waals surface area contributed by atoms with E-state index in [9.17, 15) is 0 Å². The first kappa shape index (κ1) is 12.8. The van der Waals surface area contributed by atoms with Gasteiger partial charge in [0.25, 0.3) is 0 Å². The molecule has 1 aromatic rings. The fourth-order valence-corrected chi connectivity index (χ4v) is 1.50. The normalized spacial score (nSPS) is 10.5. The van der Waals surface area contributed by atoms with Crippen LogP contribution < -0.4 is 9.47 Å². The van der Waals surface area contributed by atoms with Gasteiger partial charge in [-0.2, -0.15) is 0 Å². The van der Waals surface area contributed by atoms with Crippen LogP contribution in [0, 0.1) is 6.07 Å². The van der Waals surface area contributed by atoms with Crippen LogP contribution in [0.25, 0.3) is 0 Å². The predicted octanol–water partition coefficient (Wildman–Crippen LogP) is 2.22. The van der Waals surface area contributed by atoms with E-state index in [1.54, 1.807) is 13.2 Å². The summed E-state index contributed by atoms with van der Waals surface area (Å²) in [4.78, 5) is 2.32. The topological polar surface area (TPSA) is 21.7 Å². The summed E-state index contributed by atoms with van der Waals surface area (Å²) in [6.07, 6.45) is 0. The Balaban J connectivity index is 2.42. The van der Waals surface area contributed by atoms with Crippen LogP contribution >= 0.6 is 0 Å². The van der Waals surface area contributed by atoms with E-state index >= 15 is 0 Å². The molecule has 1 rings (SSSR count). The number of hydrogen-bond acceptors (Lipinski definition) is 3. The van der Waals surface area contributed by atoms with Crippen LogP contribution in [-0.4, -0.2) is 38.3 Å². The Morgan fingerprint density at radius 1 is 1.25 bits per heavy atom. The second-order valence-electron chi connectivity index (χ2n) is 3.45. The van der Waals surface area contributed by atoms with Gasteiger partial charge in [0.2, 0.25) is 0 Å². The Morgan fingerprint density at radius 3 is 2.62 bits per heavy atom. The summed E-state index contributed by atoms with van der Waals surface area (Å²) in [5.41, 5.74) is 0. The molecule has 89 valence electrons. The van der Waals surface area contributed by atoms with Crippen LogP contribution in [0.5, 0.6) is 11.5 Å². The molecule has 0 bridgehead atoms. The van der Waals surface area contributed by atoms with E-state index in [0.29, 0.717) is 6.61 Å². The van der Waals surface area contributed by atoms with Crippen LogP contribution in [0.3, 0.4) is 0 Å². The Bertz CT molecular complexity index is 298. The lowest BCUT2D eigenvalue weighted by Crippen LogP contribution is -2.27. The van der Waals surface area contributed by atoms with Gasteiger partial charge in [-0.1, -0.05) is 19.9 Å². The Hall–Kier alpha value is -1.22. The van der Waals surface area contributed by atoms with Crippen molar-refractivity contribution < 1.29 is 9.47 Å². The third-order valence-electron chi connectivity index (χ3n) is 2.57. The van der Waals surface area contributed by atoms with E-state index in [2.05, 4.69) is 24.8 Å². The van der Waals surface area contributed by atoms with Crippen molar-refractivity contribution in [3.05, 3.63) is 24.3 Å². The fourth-order valence-electron chi connectivity index (χ4n) is 1.50. The summed E-state index contributed by atoms with van der Waals surface area (Å²) in [7, 11) is 1.64. The van der Waals surface area contributed by atoms with Crippen molar-refractivity contribution in [2.75, 3.05) is 33.4 Å². The number of ether oxygens (including phenoxy) is 2. The third kappa shape index (κ3) is 3.74. The van der Waals surface area contributed by atoms with Gasteiger partial charge >= 0.3 is 0 Å². The van der Waals surface area contributed by atoms with Crippen molar-refractivity contribution in [1.29, 1.82) is 0 Å². The molecule has 0 fully saturated rings. The summed E-state index contributed by atoms with van der Waals surface area (Å²) in [5, 5.41) is 0. The number of likely N-dealkylation sites (N-methyl/N-ethyl adjacent to an activating group) is 1. The van der Waals surface area contributed by atoms with Crippen LogP contribution in [0.4, 0.5) is 0 Å². The largest absolute Gasteiger partial charge is 0.493 e. The Labute approximate surface area is 98.0 Å². The SMILES string of the molecule is CCN(CC)CCOc1cc[c]cc1OC. The summed E-state index contributed by atoms with van der Waals surface area (Å²) >= 11 is 0. The highest BCUT2D eigenvalue weighted by molar-refractivity contribution is 5.38. The third-order valence-corrected chi connectivity index (χ3v) is 2.57. The first-order chi connectivity index (χ1) is 7.81. The number of rotatable bonds is 7. The molecule has 0 aliphatic heterocycles. The summed E-state index contributed by atoms with van der Waals surface area (Å²) < 4.78 is 10.9. The van der Waals surface area contributed by atoms with E-state index in [1.165, 1.54) is 0 Å². The van der Waals surface area contributed by atoms with Crippen LogP contribution in [-0.2, 0) is 0 Å². The molecule has 0 saturated carbocycles. The standard InChI is InChI=1S/C13H20NO2/c1-4-14(5-2)10-11-16-13-9-7-6-8-12(13)15-3/h7-9H,4-5,10-11H2,1-3H3. The average Bonchev–Trinajstić information content (AvgIpc) is 2.35. The van der Waals surface area contributed by atoms with E-state index in [-0.39, 0.29) is 0 Å². The zero-order valence-electron chi connectivity index (χ0n) is 10.3. The molecule has 0 aromatic heterocycles. The molecule has 3 nitrogen and oxygen atoms in total. The lowest BCUT2D eigenvalue weighted by Gasteiger charge is -2.18. The lowest BCUT2D eigenvalue weighted by molar-refractivity contribution is 0.217. The van der Waals surface area contributed by atoms with Gasteiger partial charge in [0.15, 0.2) is 11.5 Å². The number of methoxy groups -OCH3 is 1. The monoisotopic (exact) mass is 222 g/mol. The van der Waals surface area contributed by atoms with E-state index in [0.717, 1.165) is 31.1 Å². The molecule has 0 N–H and O–H groups in total. The van der Waals surface area contributed by atoms with Crippen LogP contribution in [0.1, 0.15) is 13.8 Å². The van der Waals surface area contributed by atoms with Crippen molar-refractivity contribution >= 4 is 0 Å². The number of nitrogens with zero attached hydrogens (tertiary/aromatic N) is 1. The molecule has 16 heavy (non-hydrogen) atoms. The minimum Gasteiger partial charge on any atom is -0.493 e. The van der Waals surface area contributed by atoms with Gasteiger partial charge < -0.3 is 14.4 Å². The first-order valence-electron chi connectivity index (χ1n) is 5.71. The molecule has 0 amide bonds. The molecule has 0 aliphatic rings. The predicted molar refractivity (Wildman–Crippen MR) is 65.1 cm³/mol. The van der Waals surface area contributed by atoms with E-state index in [1.807, 2.05) is 12.1 Å². The van der Waals surface area contributed by atoms with Crippen molar-refractivity contribution in [1.82, 2.24) is 4.90 Å². The minimum atomic E-state index is 0.683. The number of benzene rings is 1. The molecule has 0 atom stereocenters. The molecule has 0 saturated heterocycles. The van der Waals surface area contributed by atoms with Gasteiger partial charge in [0.05, 0.1) is 7.11 Å². The van der Waals surface area contributed by atoms with E-state index in [4.69, 9.17) is 9.47 Å². The molecule has 0 spiro atoms. The van der Waals surface area contributed by atoms with Crippen molar-refractivity contribution in [2.45, 2.75) is 13.8 Å². The molecule has 3 heteroatoms. The molecule has 1 radical (unpaired) electrons. The molecule has 0 aliphatic carbocycles. The minimum absolute atomic E-state index is 0.683. The number of hydrogen-bond donors (Lipinski definition) is 0. The molecular weight excluding hydrogens is 202 g/mol. The fraction of sp³-hybridized carbons (Fsp3) is 0.538. The summed E-state index contributed by atoms with van der Waals surface area (Å²) in [5.74, 6) is 1.52. The summed E-state index contributed by atoms with van der Waals surface area (Å²) in [6, 6.07) is 8.45. The van der Waals surface area contributed by atoms with Gasteiger partial charge in [-0.25, -0.2) is 0 Å². The van der Waals surface area contributed by atoms with Gasteiger partial charge in [-0.05, 0) is 31.3 Å². The highest BCUT2D eigenvalue weighted by atomic mass is 16.5. The summed E-state index contributed by atoms with van der Waals surface area (Å²) in [6.45, 7) is 8.04. The molecular formula is C13H20NO2. The molecule has 0 unspecified atom stereocenters. The van der Waals surface area contributed by atoms with Crippen LogP contribution in [0.2, 0.25) is 0 Å². The van der Waals surface area contributed by atoms with Gasteiger partial charge in [0.1, 0.15) is 6.61 Å². The van der Waals surface area contributed by atoms with E-state index < -0.39 is 0 Å². The quantitative estimate of drug-likeness (QED) is 0.706. The van der Waals surface area contributed by atoms with Gasteiger partial charge in [-0.3, -0.25) is 0 Å². The second-order valence-corrected chi connectivity index (χ2v) is 3.45. The maximum atomic E-state index is 5.68. The zero-order chi connectivity index (χ0) is 11.8. The first-order valence-corrected chi connectivity index (χ1v) is 5.71. The maximum absolute atomic E-state index is 5.68. The zero-order valence-corrected chi connectivity index (χ0v) is 10.3. The highest BCUT2D eigenvalue weighted by Gasteiger charge is 2.03. The molecule has 0 heterocycles. The van der Waals surface area contributed by atoms with Crippen molar-refractivity contribution in [3.8, 4) is 11.5 Å². The smallest absolute Gasteiger partial charge is 0.161 e. The Morgan fingerprint density at radius 2 is 2.00 bits per heavy atom. The van der Waals surface area contributed by atoms with Crippen molar-refractivity contribution in [3.63, 3.8) is 0 Å². The average molecular weight is 222 g/mol. The Kier molecular flexibility index (Phi) is 5.72.